The maximum absolute atomic E-state index is 12.4. The number of carbonyl (C=O) groups is 1. The van der Waals surface area contributed by atoms with Gasteiger partial charge in [0.05, 0.1) is 13.2 Å². The molecule has 1 aromatic carbocycles. The van der Waals surface area contributed by atoms with Gasteiger partial charge in [-0.2, -0.15) is 0 Å². The number of nitrogens with one attached hydrogen (secondary N) is 3. The van der Waals surface area contributed by atoms with E-state index in [2.05, 4.69) is 15.6 Å². The molecule has 3 N–H and O–H groups in total. The van der Waals surface area contributed by atoms with Gasteiger partial charge in [0.25, 0.3) is 5.56 Å². The summed E-state index contributed by atoms with van der Waals surface area (Å²) in [5, 5.41) is 5.77. The van der Waals surface area contributed by atoms with E-state index in [1.165, 1.54) is 11.7 Å². The number of benzene rings is 1. The van der Waals surface area contributed by atoms with Gasteiger partial charge < -0.3 is 15.4 Å². The third kappa shape index (κ3) is 5.82. The number of amides is 1. The minimum absolute atomic E-state index is 0.152. The fourth-order valence-corrected chi connectivity index (χ4v) is 2.58. The number of ether oxygens (including phenoxy) is 1. The first-order valence-corrected chi connectivity index (χ1v) is 9.00. The first-order valence-electron chi connectivity index (χ1n) is 9.00. The van der Waals surface area contributed by atoms with Crippen molar-refractivity contribution in [1.29, 1.82) is 0 Å². The Balaban J connectivity index is 2.37. The molecule has 2 rings (SSSR count). The Morgan fingerprint density at radius 2 is 1.96 bits per heavy atom. The molecule has 0 saturated heterocycles. The van der Waals surface area contributed by atoms with E-state index in [0.29, 0.717) is 13.0 Å². The number of nitrogens with zero attached hydrogens (tertiary/aromatic N) is 1. The zero-order chi connectivity index (χ0) is 19.6. The molecule has 0 atom stereocenters. The lowest BCUT2D eigenvalue weighted by atomic mass is 10.2. The fourth-order valence-electron chi connectivity index (χ4n) is 2.58. The lowest BCUT2D eigenvalue weighted by Crippen LogP contribution is -2.36. The van der Waals surface area contributed by atoms with Crippen molar-refractivity contribution >= 4 is 17.4 Å². The lowest BCUT2D eigenvalue weighted by molar-refractivity contribution is -0.116. The Kier molecular flexibility index (Phi) is 7.81. The van der Waals surface area contributed by atoms with Gasteiger partial charge in [0, 0.05) is 20.1 Å². The SMILES string of the molecule is CCCCC(=O)Nc1c(NCc2ccccc2)c(=O)[nH]c(=O)n1CCOC. The fraction of sp³-hybridized carbons (Fsp3) is 0.421. The maximum Gasteiger partial charge on any atom is 0.330 e. The predicted molar refractivity (Wildman–Crippen MR) is 105 cm³/mol. The molecule has 1 heterocycles. The normalized spacial score (nSPS) is 10.6. The third-order valence-corrected chi connectivity index (χ3v) is 4.05. The summed E-state index contributed by atoms with van der Waals surface area (Å²) in [5.74, 6) is -0.0754. The average molecular weight is 374 g/mol. The number of rotatable bonds is 10. The van der Waals surface area contributed by atoms with E-state index in [0.717, 1.165) is 18.4 Å². The summed E-state index contributed by atoms with van der Waals surface area (Å²) in [6.07, 6.45) is 1.92. The summed E-state index contributed by atoms with van der Waals surface area (Å²) in [4.78, 5) is 39.2. The van der Waals surface area contributed by atoms with Gasteiger partial charge >= 0.3 is 5.69 Å². The standard InChI is InChI=1S/C19H26N4O4/c1-3-4-10-15(24)21-17-16(20-13-14-8-6-5-7-9-14)18(25)22-19(26)23(17)11-12-27-2/h5-9,20H,3-4,10-13H2,1-2H3,(H,21,24)(H,22,25,26). The van der Waals surface area contributed by atoms with E-state index in [1.807, 2.05) is 37.3 Å². The number of aromatic nitrogens is 2. The minimum atomic E-state index is -0.590. The van der Waals surface area contributed by atoms with E-state index in [1.54, 1.807) is 0 Å². The van der Waals surface area contributed by atoms with Crippen LogP contribution in [-0.4, -0.2) is 29.2 Å². The van der Waals surface area contributed by atoms with E-state index in [9.17, 15) is 14.4 Å². The second kappa shape index (κ2) is 10.3. The van der Waals surface area contributed by atoms with Gasteiger partial charge in [-0.15, -0.1) is 0 Å². The summed E-state index contributed by atoms with van der Waals surface area (Å²) < 4.78 is 6.35. The second-order valence-electron chi connectivity index (χ2n) is 6.12. The number of hydrogen-bond donors (Lipinski definition) is 3. The topological polar surface area (TPSA) is 105 Å². The van der Waals surface area contributed by atoms with Crippen LogP contribution in [0.15, 0.2) is 39.9 Å². The molecule has 8 heteroatoms. The molecule has 0 aliphatic carbocycles. The molecule has 0 spiro atoms. The molecule has 0 aliphatic rings. The summed E-state index contributed by atoms with van der Waals surface area (Å²) in [6.45, 7) is 2.84. The van der Waals surface area contributed by atoms with Crippen LogP contribution < -0.4 is 21.9 Å². The largest absolute Gasteiger partial charge is 0.383 e. The Bertz CT molecular complexity index is 858. The van der Waals surface area contributed by atoms with Crippen molar-refractivity contribution in [3.05, 3.63) is 56.7 Å². The number of anilines is 2. The molecule has 2 aromatic rings. The van der Waals surface area contributed by atoms with Crippen LogP contribution in [0.3, 0.4) is 0 Å². The highest BCUT2D eigenvalue weighted by molar-refractivity contribution is 5.92. The Morgan fingerprint density at radius 3 is 2.63 bits per heavy atom. The van der Waals surface area contributed by atoms with E-state index < -0.39 is 11.2 Å². The van der Waals surface area contributed by atoms with Crippen LogP contribution in [0.5, 0.6) is 0 Å². The maximum atomic E-state index is 12.4. The van der Waals surface area contributed by atoms with Crippen molar-refractivity contribution in [2.75, 3.05) is 24.4 Å². The molecule has 0 unspecified atom stereocenters. The van der Waals surface area contributed by atoms with Gasteiger partial charge in [-0.05, 0) is 12.0 Å². The Labute approximate surface area is 157 Å². The summed E-state index contributed by atoms with van der Waals surface area (Å²) in [5.41, 5.74) is -0.0438. The molecular weight excluding hydrogens is 348 g/mol. The van der Waals surface area contributed by atoms with Crippen LogP contribution in [0.1, 0.15) is 31.7 Å². The smallest absolute Gasteiger partial charge is 0.330 e. The molecule has 0 saturated carbocycles. The van der Waals surface area contributed by atoms with E-state index >= 15 is 0 Å². The lowest BCUT2D eigenvalue weighted by Gasteiger charge is -2.17. The zero-order valence-corrected chi connectivity index (χ0v) is 15.7. The molecule has 1 amide bonds. The third-order valence-electron chi connectivity index (χ3n) is 4.05. The molecule has 1 aromatic heterocycles. The highest BCUT2D eigenvalue weighted by atomic mass is 16.5. The Morgan fingerprint density at radius 1 is 1.22 bits per heavy atom. The van der Waals surface area contributed by atoms with Gasteiger partial charge in [-0.1, -0.05) is 43.7 Å². The minimum Gasteiger partial charge on any atom is -0.383 e. The molecule has 8 nitrogen and oxygen atoms in total. The molecule has 0 fully saturated rings. The van der Waals surface area contributed by atoms with Crippen molar-refractivity contribution in [3.63, 3.8) is 0 Å². The number of carbonyl (C=O) groups excluding carboxylic acids is 1. The first kappa shape index (κ1) is 20.4. The van der Waals surface area contributed by atoms with Crippen molar-refractivity contribution in [1.82, 2.24) is 9.55 Å². The average Bonchev–Trinajstić information content (AvgIpc) is 2.66. The van der Waals surface area contributed by atoms with Crippen LogP contribution in [0, 0.1) is 0 Å². The number of hydrogen-bond acceptors (Lipinski definition) is 5. The number of aromatic amines is 1. The van der Waals surface area contributed by atoms with E-state index in [4.69, 9.17) is 4.74 Å². The molecule has 146 valence electrons. The second-order valence-corrected chi connectivity index (χ2v) is 6.12. The van der Waals surface area contributed by atoms with Crippen molar-refractivity contribution in [2.45, 2.75) is 39.3 Å². The van der Waals surface area contributed by atoms with Crippen LogP contribution in [0.4, 0.5) is 11.5 Å². The number of unbranched alkanes of at least 4 members (excludes halogenated alkanes) is 1. The van der Waals surface area contributed by atoms with E-state index in [-0.39, 0.29) is 30.6 Å². The Hall–Kier alpha value is -2.87. The quantitative estimate of drug-likeness (QED) is 0.589. The van der Waals surface area contributed by atoms with Gasteiger partial charge in [0.2, 0.25) is 5.91 Å². The van der Waals surface area contributed by atoms with Crippen LogP contribution in [0.25, 0.3) is 0 Å². The molecule has 0 aliphatic heterocycles. The van der Waals surface area contributed by atoms with Crippen molar-refractivity contribution in [2.24, 2.45) is 0 Å². The van der Waals surface area contributed by atoms with Crippen LogP contribution in [-0.2, 0) is 22.6 Å². The zero-order valence-electron chi connectivity index (χ0n) is 15.7. The highest BCUT2D eigenvalue weighted by Gasteiger charge is 2.17. The van der Waals surface area contributed by atoms with Gasteiger partial charge in [0.1, 0.15) is 11.5 Å². The number of H-pyrrole nitrogens is 1. The van der Waals surface area contributed by atoms with Crippen LogP contribution in [0.2, 0.25) is 0 Å². The summed E-state index contributed by atoms with van der Waals surface area (Å²) in [7, 11) is 1.52. The molecule has 0 bridgehead atoms. The molecule has 0 radical (unpaired) electrons. The molecule has 27 heavy (non-hydrogen) atoms. The van der Waals surface area contributed by atoms with Gasteiger partial charge in [-0.25, -0.2) is 4.79 Å². The number of methoxy groups -OCH3 is 1. The van der Waals surface area contributed by atoms with Gasteiger partial charge in [0.15, 0.2) is 0 Å². The predicted octanol–water partition coefficient (Wildman–Crippen LogP) is 1.92. The van der Waals surface area contributed by atoms with Gasteiger partial charge in [-0.3, -0.25) is 19.1 Å². The first-order chi connectivity index (χ1) is 13.1. The van der Waals surface area contributed by atoms with Crippen molar-refractivity contribution in [3.8, 4) is 0 Å². The highest BCUT2D eigenvalue weighted by Crippen LogP contribution is 2.17. The van der Waals surface area contributed by atoms with Crippen molar-refractivity contribution < 1.29 is 9.53 Å². The summed E-state index contributed by atoms with van der Waals surface area (Å²) >= 11 is 0. The van der Waals surface area contributed by atoms with Crippen LogP contribution >= 0.6 is 0 Å². The monoisotopic (exact) mass is 374 g/mol. The molecular formula is C19H26N4O4. The summed E-state index contributed by atoms with van der Waals surface area (Å²) in [6, 6.07) is 9.53.